The highest BCUT2D eigenvalue weighted by molar-refractivity contribution is 6.03. The number of anilines is 3. The van der Waals surface area contributed by atoms with Crippen LogP contribution in [0.4, 0.5) is 17.2 Å². The fourth-order valence-electron chi connectivity index (χ4n) is 2.79. The number of carbonyl (C=O) groups excluding carboxylic acids is 2. The van der Waals surface area contributed by atoms with E-state index in [9.17, 15) is 9.59 Å². The second-order valence-corrected chi connectivity index (χ2v) is 6.40. The van der Waals surface area contributed by atoms with Crippen LogP contribution in [-0.2, 0) is 9.53 Å². The van der Waals surface area contributed by atoms with Crippen LogP contribution < -0.4 is 16.0 Å². The lowest BCUT2D eigenvalue weighted by atomic mass is 10.2. The van der Waals surface area contributed by atoms with Crippen LogP contribution in [-0.4, -0.2) is 66.3 Å². The van der Waals surface area contributed by atoms with Crippen molar-refractivity contribution >= 4 is 29.0 Å². The monoisotopic (exact) mass is 384 g/mol. The summed E-state index contributed by atoms with van der Waals surface area (Å²) < 4.78 is 5.33. The summed E-state index contributed by atoms with van der Waals surface area (Å²) in [5.41, 5.74) is 1.38. The predicted molar refractivity (Wildman–Crippen MR) is 106 cm³/mol. The topological polar surface area (TPSA) is 108 Å². The molecule has 1 fully saturated rings. The molecule has 1 saturated heterocycles. The van der Waals surface area contributed by atoms with Gasteiger partial charge in [-0.1, -0.05) is 6.07 Å². The van der Waals surface area contributed by atoms with Crippen LogP contribution in [0.2, 0.25) is 0 Å². The number of morpholine rings is 1. The van der Waals surface area contributed by atoms with Gasteiger partial charge in [-0.2, -0.15) is 0 Å². The van der Waals surface area contributed by atoms with Crippen molar-refractivity contribution < 1.29 is 14.3 Å². The van der Waals surface area contributed by atoms with Crippen molar-refractivity contribution in [3.8, 4) is 0 Å². The number of hydrogen-bond acceptors (Lipinski definition) is 7. The van der Waals surface area contributed by atoms with Gasteiger partial charge in [0.05, 0.1) is 13.2 Å². The minimum Gasteiger partial charge on any atom is -0.379 e. The summed E-state index contributed by atoms with van der Waals surface area (Å²) in [7, 11) is 0. The largest absolute Gasteiger partial charge is 0.379 e. The molecule has 1 aliphatic rings. The summed E-state index contributed by atoms with van der Waals surface area (Å²) >= 11 is 0. The number of nitrogens with one attached hydrogen (secondary N) is 3. The first kappa shape index (κ1) is 19.7. The molecule has 9 heteroatoms. The highest BCUT2D eigenvalue weighted by Gasteiger charge is 2.11. The van der Waals surface area contributed by atoms with Gasteiger partial charge >= 0.3 is 0 Å². The van der Waals surface area contributed by atoms with Crippen molar-refractivity contribution in [3.05, 3.63) is 42.1 Å². The van der Waals surface area contributed by atoms with Crippen molar-refractivity contribution in [2.75, 3.05) is 55.3 Å². The molecule has 1 aromatic heterocycles. The number of hydrogen-bond donors (Lipinski definition) is 3. The van der Waals surface area contributed by atoms with Gasteiger partial charge in [0.15, 0.2) is 5.69 Å². The third kappa shape index (κ3) is 6.00. The molecular weight excluding hydrogens is 360 g/mol. The fraction of sp³-hybridized carbons (Fsp3) is 0.368. The molecule has 3 N–H and O–H groups in total. The first-order valence-electron chi connectivity index (χ1n) is 9.17. The SMILES string of the molecule is CC(=O)Nc1cccc(NC(=O)c2ccc(NCCN3CCOCC3)nn2)c1. The summed E-state index contributed by atoms with van der Waals surface area (Å²) in [6, 6.07) is 10.3. The molecule has 1 aromatic carbocycles. The lowest BCUT2D eigenvalue weighted by Crippen LogP contribution is -2.39. The number of nitrogens with zero attached hydrogens (tertiary/aromatic N) is 3. The Bertz CT molecular complexity index is 806. The first-order valence-corrected chi connectivity index (χ1v) is 9.17. The van der Waals surface area contributed by atoms with Gasteiger partial charge in [-0.25, -0.2) is 0 Å². The lowest BCUT2D eigenvalue weighted by molar-refractivity contribution is -0.114. The minimum absolute atomic E-state index is 0.175. The molecular formula is C19H24N6O3. The maximum atomic E-state index is 12.3. The smallest absolute Gasteiger partial charge is 0.276 e. The minimum atomic E-state index is -0.368. The second kappa shape index (κ2) is 9.77. The summed E-state index contributed by atoms with van der Waals surface area (Å²) in [6.45, 7) is 6.51. The maximum Gasteiger partial charge on any atom is 0.276 e. The van der Waals surface area contributed by atoms with Crippen LogP contribution in [0.1, 0.15) is 17.4 Å². The zero-order valence-corrected chi connectivity index (χ0v) is 15.8. The second-order valence-electron chi connectivity index (χ2n) is 6.40. The fourth-order valence-corrected chi connectivity index (χ4v) is 2.79. The molecule has 9 nitrogen and oxygen atoms in total. The number of rotatable bonds is 7. The molecule has 0 spiro atoms. The predicted octanol–water partition coefficient (Wildman–Crippen LogP) is 1.43. The van der Waals surface area contributed by atoms with Crippen molar-refractivity contribution in [3.63, 3.8) is 0 Å². The van der Waals surface area contributed by atoms with Gasteiger partial charge in [0, 0.05) is 44.5 Å². The molecule has 0 aliphatic carbocycles. The highest BCUT2D eigenvalue weighted by Crippen LogP contribution is 2.16. The molecule has 1 aliphatic heterocycles. The average molecular weight is 384 g/mol. The Kier molecular flexibility index (Phi) is 6.88. The van der Waals surface area contributed by atoms with Gasteiger partial charge in [0.25, 0.3) is 5.91 Å². The molecule has 0 saturated carbocycles. The number of benzene rings is 1. The van der Waals surface area contributed by atoms with Gasteiger partial charge in [-0.05, 0) is 30.3 Å². The quantitative estimate of drug-likeness (QED) is 0.663. The van der Waals surface area contributed by atoms with Crippen LogP contribution in [0.25, 0.3) is 0 Å². The van der Waals surface area contributed by atoms with E-state index in [1.54, 1.807) is 36.4 Å². The zero-order chi connectivity index (χ0) is 19.8. The molecule has 2 aromatic rings. The lowest BCUT2D eigenvalue weighted by Gasteiger charge is -2.26. The molecule has 148 valence electrons. The third-order valence-electron chi connectivity index (χ3n) is 4.18. The standard InChI is InChI=1S/C19H24N6O3/c1-14(26)21-15-3-2-4-16(13-15)22-19(27)17-5-6-18(24-23-17)20-7-8-25-9-11-28-12-10-25/h2-6,13H,7-12H2,1H3,(H,20,24)(H,21,26)(H,22,27). The molecule has 28 heavy (non-hydrogen) atoms. The van der Waals surface area contributed by atoms with Crippen molar-refractivity contribution in [2.24, 2.45) is 0 Å². The van der Waals surface area contributed by atoms with E-state index < -0.39 is 0 Å². The normalized spacial score (nSPS) is 14.3. The molecule has 0 bridgehead atoms. The van der Waals surface area contributed by atoms with Crippen molar-refractivity contribution in [1.29, 1.82) is 0 Å². The van der Waals surface area contributed by atoms with E-state index in [2.05, 4.69) is 31.0 Å². The summed E-state index contributed by atoms with van der Waals surface area (Å²) in [5, 5.41) is 16.7. The molecule has 0 unspecified atom stereocenters. The molecule has 2 amide bonds. The Morgan fingerprint density at radius 3 is 2.50 bits per heavy atom. The van der Waals surface area contributed by atoms with E-state index in [1.165, 1.54) is 6.92 Å². The number of ether oxygens (including phenoxy) is 1. The summed E-state index contributed by atoms with van der Waals surface area (Å²) in [5.74, 6) is 0.0795. The van der Waals surface area contributed by atoms with Gasteiger partial charge < -0.3 is 20.7 Å². The Labute approximate surface area is 163 Å². The van der Waals surface area contributed by atoms with E-state index in [-0.39, 0.29) is 17.5 Å². The van der Waals surface area contributed by atoms with Crippen LogP contribution in [0.5, 0.6) is 0 Å². The van der Waals surface area contributed by atoms with E-state index in [0.29, 0.717) is 17.2 Å². The maximum absolute atomic E-state index is 12.3. The molecule has 3 rings (SSSR count). The van der Waals surface area contributed by atoms with E-state index >= 15 is 0 Å². The van der Waals surface area contributed by atoms with Crippen LogP contribution in [0.15, 0.2) is 36.4 Å². The van der Waals surface area contributed by atoms with Gasteiger partial charge in [0.1, 0.15) is 5.82 Å². The number of amides is 2. The Hall–Kier alpha value is -3.04. The number of carbonyl (C=O) groups is 2. The highest BCUT2D eigenvalue weighted by atomic mass is 16.5. The average Bonchev–Trinajstić information content (AvgIpc) is 2.69. The first-order chi connectivity index (χ1) is 13.6. The van der Waals surface area contributed by atoms with Crippen LogP contribution >= 0.6 is 0 Å². The summed E-state index contributed by atoms with van der Waals surface area (Å²) in [6.07, 6.45) is 0. The van der Waals surface area contributed by atoms with Crippen molar-refractivity contribution in [1.82, 2.24) is 15.1 Å². The van der Waals surface area contributed by atoms with Gasteiger partial charge in [-0.3, -0.25) is 14.5 Å². The summed E-state index contributed by atoms with van der Waals surface area (Å²) in [4.78, 5) is 25.8. The molecule has 0 atom stereocenters. The Balaban J connectivity index is 1.50. The third-order valence-corrected chi connectivity index (χ3v) is 4.18. The van der Waals surface area contributed by atoms with E-state index in [1.807, 2.05) is 0 Å². The van der Waals surface area contributed by atoms with E-state index in [4.69, 9.17) is 4.74 Å². The molecule has 0 radical (unpaired) electrons. The van der Waals surface area contributed by atoms with Gasteiger partial charge in [-0.15, -0.1) is 10.2 Å². The Morgan fingerprint density at radius 2 is 1.82 bits per heavy atom. The Morgan fingerprint density at radius 1 is 1.07 bits per heavy atom. The molecule has 2 heterocycles. The van der Waals surface area contributed by atoms with Gasteiger partial charge in [0.2, 0.25) is 5.91 Å². The zero-order valence-electron chi connectivity index (χ0n) is 15.8. The van der Waals surface area contributed by atoms with Crippen molar-refractivity contribution in [2.45, 2.75) is 6.92 Å². The van der Waals surface area contributed by atoms with E-state index in [0.717, 1.165) is 39.4 Å². The number of aromatic nitrogens is 2. The van der Waals surface area contributed by atoms with Crippen LogP contribution in [0, 0.1) is 0 Å². The van der Waals surface area contributed by atoms with Crippen LogP contribution in [0.3, 0.4) is 0 Å².